The van der Waals surface area contributed by atoms with Crippen LogP contribution in [0.4, 0.5) is 17.1 Å². The Balaban J connectivity index is 1.83. The second kappa shape index (κ2) is 10.3. The van der Waals surface area contributed by atoms with E-state index >= 15 is 0 Å². The summed E-state index contributed by atoms with van der Waals surface area (Å²) in [6.45, 7) is 2.92. The van der Waals surface area contributed by atoms with E-state index in [-0.39, 0.29) is 28.7 Å². The first-order valence-electron chi connectivity index (χ1n) is 11.5. The number of carbonyl (C=O) groups excluding carboxylic acids is 1. The molecule has 0 spiro atoms. The monoisotopic (exact) mass is 491 g/mol. The van der Waals surface area contributed by atoms with Gasteiger partial charge in [0.25, 0.3) is 0 Å². The molecular formula is C26H29N5O3S. The van der Waals surface area contributed by atoms with Crippen molar-refractivity contribution in [2.45, 2.75) is 31.1 Å². The molecule has 1 amide bonds. The summed E-state index contributed by atoms with van der Waals surface area (Å²) in [7, 11) is -3.85. The summed E-state index contributed by atoms with van der Waals surface area (Å²) >= 11 is 0. The zero-order chi connectivity index (χ0) is 25.0. The highest BCUT2D eigenvalue weighted by molar-refractivity contribution is 7.89. The van der Waals surface area contributed by atoms with Crippen LogP contribution >= 0.6 is 0 Å². The molecule has 0 saturated carbocycles. The summed E-state index contributed by atoms with van der Waals surface area (Å²) < 4.78 is 28.8. The third kappa shape index (κ3) is 5.06. The number of sulfonamides is 1. The second-order valence-corrected chi connectivity index (χ2v) is 10.1. The third-order valence-electron chi connectivity index (χ3n) is 5.94. The molecule has 0 fully saturated rings. The van der Waals surface area contributed by atoms with Crippen molar-refractivity contribution < 1.29 is 13.2 Å². The number of hydrogen-bond acceptors (Lipinski definition) is 5. The lowest BCUT2D eigenvalue weighted by atomic mass is 9.95. The minimum atomic E-state index is -3.85. The lowest BCUT2D eigenvalue weighted by Gasteiger charge is -2.26. The van der Waals surface area contributed by atoms with Crippen LogP contribution in [0.2, 0.25) is 0 Å². The van der Waals surface area contributed by atoms with Gasteiger partial charge in [-0.1, -0.05) is 37.3 Å². The zero-order valence-corrected chi connectivity index (χ0v) is 20.4. The van der Waals surface area contributed by atoms with Crippen molar-refractivity contribution in [3.05, 3.63) is 83.4 Å². The van der Waals surface area contributed by atoms with E-state index in [1.54, 1.807) is 48.5 Å². The molecule has 4 rings (SSSR count). The number of para-hydroxylation sites is 2. The number of hydrogen-bond donors (Lipinski definition) is 4. The Morgan fingerprint density at radius 3 is 2.51 bits per heavy atom. The number of fused-ring (bicyclic) bond motifs is 1. The molecule has 0 unspecified atom stereocenters. The van der Waals surface area contributed by atoms with Crippen LogP contribution in [0.3, 0.4) is 0 Å². The van der Waals surface area contributed by atoms with E-state index in [0.29, 0.717) is 29.8 Å². The Kier molecular flexibility index (Phi) is 7.18. The number of amidine groups is 1. The molecule has 182 valence electrons. The largest absolute Gasteiger partial charge is 0.384 e. The predicted molar refractivity (Wildman–Crippen MR) is 139 cm³/mol. The van der Waals surface area contributed by atoms with Crippen molar-refractivity contribution >= 4 is 38.8 Å². The molecule has 35 heavy (non-hydrogen) atoms. The number of rotatable bonds is 9. The van der Waals surface area contributed by atoms with Gasteiger partial charge >= 0.3 is 0 Å². The molecule has 9 heteroatoms. The Morgan fingerprint density at radius 2 is 1.80 bits per heavy atom. The molecule has 1 aliphatic rings. The molecule has 1 heterocycles. The van der Waals surface area contributed by atoms with Crippen molar-refractivity contribution in [1.82, 2.24) is 4.72 Å². The molecule has 3 aromatic carbocycles. The summed E-state index contributed by atoms with van der Waals surface area (Å²) in [6, 6.07) is 19.1. The van der Waals surface area contributed by atoms with Gasteiger partial charge in [-0.3, -0.25) is 15.1 Å². The normalized spacial score (nSPS) is 12.6. The van der Waals surface area contributed by atoms with E-state index in [1.807, 2.05) is 19.1 Å². The fourth-order valence-electron chi connectivity index (χ4n) is 4.33. The average molecular weight is 492 g/mol. The fraction of sp³-hybridized carbons (Fsp3) is 0.231. The quantitative estimate of drug-likeness (QED) is 0.269. The summed E-state index contributed by atoms with van der Waals surface area (Å²) in [5.41, 5.74) is 9.77. The van der Waals surface area contributed by atoms with Gasteiger partial charge in [-0.2, -0.15) is 0 Å². The summed E-state index contributed by atoms with van der Waals surface area (Å²) in [4.78, 5) is 15.4. The lowest BCUT2D eigenvalue weighted by molar-refractivity contribution is -0.117. The zero-order valence-electron chi connectivity index (χ0n) is 19.5. The number of anilines is 3. The van der Waals surface area contributed by atoms with Gasteiger partial charge in [0.15, 0.2) is 0 Å². The standard InChI is InChI=1S/C26H29N5O3S/c1-2-15-30-35(33,34)24-11-7-6-10-23(24)31(18-8-4-3-5-9-18)25(32)17-21-19-14-16-29-22(19)13-12-20(21)26(27)28/h3-13,29-30H,2,14-17H2,1H3,(H3,27,28). The van der Waals surface area contributed by atoms with E-state index < -0.39 is 10.0 Å². The summed E-state index contributed by atoms with van der Waals surface area (Å²) in [5, 5.41) is 11.3. The van der Waals surface area contributed by atoms with E-state index in [0.717, 1.165) is 24.2 Å². The molecule has 0 radical (unpaired) electrons. The Labute approximate surface area is 205 Å². The average Bonchev–Trinajstić information content (AvgIpc) is 3.33. The molecule has 5 N–H and O–H groups in total. The number of nitrogen functional groups attached to an aromatic ring is 1. The van der Waals surface area contributed by atoms with Crippen molar-refractivity contribution in [2.24, 2.45) is 5.73 Å². The van der Waals surface area contributed by atoms with Crippen molar-refractivity contribution in [2.75, 3.05) is 23.3 Å². The molecule has 0 bridgehead atoms. The summed E-state index contributed by atoms with van der Waals surface area (Å²) in [6.07, 6.45) is 1.32. The molecule has 0 aromatic heterocycles. The SMILES string of the molecule is CCCNS(=O)(=O)c1ccccc1N(C(=O)Cc1c(C(=N)N)ccc2c1CCN2)c1ccccc1. The topological polar surface area (TPSA) is 128 Å². The maximum absolute atomic E-state index is 14.0. The maximum Gasteiger partial charge on any atom is 0.242 e. The Hall–Kier alpha value is -3.69. The minimum Gasteiger partial charge on any atom is -0.384 e. The first-order chi connectivity index (χ1) is 16.8. The van der Waals surface area contributed by atoms with Crippen molar-refractivity contribution in [3.8, 4) is 0 Å². The number of carbonyl (C=O) groups is 1. The highest BCUT2D eigenvalue weighted by atomic mass is 32.2. The van der Waals surface area contributed by atoms with E-state index in [1.165, 1.54) is 11.0 Å². The van der Waals surface area contributed by atoms with Crippen LogP contribution in [-0.4, -0.2) is 33.3 Å². The highest BCUT2D eigenvalue weighted by Crippen LogP contribution is 2.34. The molecule has 3 aromatic rings. The fourth-order valence-corrected chi connectivity index (χ4v) is 5.65. The molecule has 0 saturated heterocycles. The van der Waals surface area contributed by atoms with Gasteiger partial charge in [-0.25, -0.2) is 13.1 Å². The maximum atomic E-state index is 14.0. The van der Waals surface area contributed by atoms with Gasteiger partial charge in [0.2, 0.25) is 15.9 Å². The van der Waals surface area contributed by atoms with Crippen LogP contribution in [0.5, 0.6) is 0 Å². The molecule has 0 aliphatic carbocycles. The van der Waals surface area contributed by atoms with Gasteiger partial charge in [0.1, 0.15) is 10.7 Å². The Morgan fingerprint density at radius 1 is 1.09 bits per heavy atom. The molecule has 1 aliphatic heterocycles. The van der Waals surface area contributed by atoms with Crippen LogP contribution in [0.25, 0.3) is 0 Å². The van der Waals surface area contributed by atoms with Crippen LogP contribution in [-0.2, 0) is 27.7 Å². The lowest BCUT2D eigenvalue weighted by Crippen LogP contribution is -2.32. The van der Waals surface area contributed by atoms with Crippen LogP contribution in [0.15, 0.2) is 71.6 Å². The first kappa shape index (κ1) is 24.4. The number of amides is 1. The van der Waals surface area contributed by atoms with Gasteiger partial charge in [-0.05, 0) is 60.4 Å². The predicted octanol–water partition coefficient (Wildman–Crippen LogP) is 3.53. The number of nitrogens with one attached hydrogen (secondary N) is 3. The van der Waals surface area contributed by atoms with Gasteiger partial charge < -0.3 is 11.1 Å². The minimum absolute atomic E-state index is 0.0254. The van der Waals surface area contributed by atoms with Gasteiger partial charge in [-0.15, -0.1) is 0 Å². The summed E-state index contributed by atoms with van der Waals surface area (Å²) in [5.74, 6) is -0.433. The van der Waals surface area contributed by atoms with Gasteiger partial charge in [0.05, 0.1) is 12.1 Å². The van der Waals surface area contributed by atoms with E-state index in [9.17, 15) is 13.2 Å². The van der Waals surface area contributed by atoms with Crippen LogP contribution in [0, 0.1) is 5.41 Å². The molecular weight excluding hydrogens is 462 g/mol. The van der Waals surface area contributed by atoms with E-state index in [2.05, 4.69) is 10.0 Å². The second-order valence-electron chi connectivity index (χ2n) is 8.32. The Bertz CT molecular complexity index is 1360. The van der Waals surface area contributed by atoms with Crippen LogP contribution < -0.4 is 20.7 Å². The number of nitrogens with zero attached hydrogens (tertiary/aromatic N) is 1. The van der Waals surface area contributed by atoms with Crippen molar-refractivity contribution in [1.29, 1.82) is 5.41 Å². The number of benzene rings is 3. The van der Waals surface area contributed by atoms with Gasteiger partial charge in [0, 0.05) is 30.0 Å². The number of nitrogens with two attached hydrogens (primary N) is 1. The molecule has 0 atom stereocenters. The highest BCUT2D eigenvalue weighted by Gasteiger charge is 2.28. The first-order valence-corrected chi connectivity index (χ1v) is 13.0. The van der Waals surface area contributed by atoms with Crippen molar-refractivity contribution in [3.63, 3.8) is 0 Å². The molecule has 8 nitrogen and oxygen atoms in total. The van der Waals surface area contributed by atoms with Crippen LogP contribution in [0.1, 0.15) is 30.0 Å². The smallest absolute Gasteiger partial charge is 0.242 e. The third-order valence-corrected chi connectivity index (χ3v) is 7.45. The van der Waals surface area contributed by atoms with E-state index in [4.69, 9.17) is 11.1 Å².